The van der Waals surface area contributed by atoms with Crippen molar-refractivity contribution in [2.45, 2.75) is 0 Å². The smallest absolute Gasteiger partial charge is 0.340 e. The molecule has 1 N–H and O–H groups in total. The molecule has 2 aromatic rings. The number of nitrogens with one attached hydrogen (secondary N) is 1. The number of esters is 1. The third kappa shape index (κ3) is 4.13. The summed E-state index contributed by atoms with van der Waals surface area (Å²) in [6, 6.07) is 11.2. The van der Waals surface area contributed by atoms with Crippen molar-refractivity contribution >= 4 is 52.4 Å². The molecule has 2 rings (SSSR count). The van der Waals surface area contributed by atoms with Gasteiger partial charge in [-0.15, -0.1) is 0 Å². The van der Waals surface area contributed by atoms with E-state index in [0.29, 0.717) is 10.7 Å². The maximum absolute atomic E-state index is 11.8. The fourth-order valence-electron chi connectivity index (χ4n) is 1.62. The highest BCUT2D eigenvalue weighted by Gasteiger charge is 2.14. The number of anilines is 1. The van der Waals surface area contributed by atoms with Crippen LogP contribution in [0.25, 0.3) is 0 Å². The summed E-state index contributed by atoms with van der Waals surface area (Å²) in [6.45, 7) is -0.465. The number of amides is 1. The standard InChI is InChI=1S/C15H10Cl3NO3/c16-10-5-2-1-4-9(10)15(21)22-8-13(20)19-12-7-3-6-11(17)14(12)18/h1-7H,8H2,(H,19,20). The van der Waals surface area contributed by atoms with E-state index in [0.717, 1.165) is 0 Å². The summed E-state index contributed by atoms with van der Waals surface area (Å²) in [7, 11) is 0. The minimum Gasteiger partial charge on any atom is -0.452 e. The van der Waals surface area contributed by atoms with Gasteiger partial charge in [0.05, 0.1) is 26.3 Å². The number of hydrogen-bond acceptors (Lipinski definition) is 3. The second-order valence-corrected chi connectivity index (χ2v) is 5.40. The highest BCUT2D eigenvalue weighted by Crippen LogP contribution is 2.29. The number of ether oxygens (including phenoxy) is 1. The van der Waals surface area contributed by atoms with Gasteiger partial charge in [0.1, 0.15) is 0 Å². The number of halogens is 3. The van der Waals surface area contributed by atoms with Crippen LogP contribution in [0.5, 0.6) is 0 Å². The van der Waals surface area contributed by atoms with E-state index in [4.69, 9.17) is 39.5 Å². The zero-order valence-electron chi connectivity index (χ0n) is 11.1. The van der Waals surface area contributed by atoms with Gasteiger partial charge in [-0.05, 0) is 24.3 Å². The lowest BCUT2D eigenvalue weighted by Crippen LogP contribution is -2.21. The van der Waals surface area contributed by atoms with Gasteiger partial charge in [0, 0.05) is 0 Å². The van der Waals surface area contributed by atoms with Crippen LogP contribution in [0.3, 0.4) is 0 Å². The van der Waals surface area contributed by atoms with Gasteiger partial charge in [0.15, 0.2) is 6.61 Å². The van der Waals surface area contributed by atoms with Crippen molar-refractivity contribution in [1.29, 1.82) is 0 Å². The lowest BCUT2D eigenvalue weighted by Gasteiger charge is -2.09. The van der Waals surface area contributed by atoms with Crippen molar-refractivity contribution < 1.29 is 14.3 Å². The molecule has 0 heterocycles. The summed E-state index contributed by atoms with van der Waals surface area (Å²) < 4.78 is 4.90. The molecule has 0 aromatic heterocycles. The lowest BCUT2D eigenvalue weighted by atomic mass is 10.2. The van der Waals surface area contributed by atoms with Gasteiger partial charge in [0.2, 0.25) is 0 Å². The minimum absolute atomic E-state index is 0.192. The third-order valence-corrected chi connectivity index (χ3v) is 3.80. The second kappa shape index (κ2) is 7.49. The Labute approximate surface area is 141 Å². The molecule has 0 radical (unpaired) electrons. The van der Waals surface area contributed by atoms with Crippen molar-refractivity contribution in [2.24, 2.45) is 0 Å². The second-order valence-electron chi connectivity index (χ2n) is 4.21. The van der Waals surface area contributed by atoms with Crippen LogP contribution in [0.4, 0.5) is 5.69 Å². The summed E-state index contributed by atoms with van der Waals surface area (Å²) in [5.74, 6) is -1.22. The Morgan fingerprint density at radius 3 is 2.36 bits per heavy atom. The van der Waals surface area contributed by atoms with Gasteiger partial charge in [-0.1, -0.05) is 53.0 Å². The Morgan fingerprint density at radius 2 is 1.64 bits per heavy atom. The van der Waals surface area contributed by atoms with E-state index >= 15 is 0 Å². The molecule has 2 aromatic carbocycles. The molecular formula is C15H10Cl3NO3. The van der Waals surface area contributed by atoms with Crippen LogP contribution in [0, 0.1) is 0 Å². The number of hydrogen-bond donors (Lipinski definition) is 1. The first-order chi connectivity index (χ1) is 10.5. The molecule has 0 atom stereocenters. The average Bonchev–Trinajstić information content (AvgIpc) is 2.50. The van der Waals surface area contributed by atoms with Crippen LogP contribution in [-0.2, 0) is 9.53 Å². The van der Waals surface area contributed by atoms with E-state index < -0.39 is 18.5 Å². The van der Waals surface area contributed by atoms with Crippen molar-refractivity contribution in [3.8, 4) is 0 Å². The summed E-state index contributed by atoms with van der Waals surface area (Å²) in [4.78, 5) is 23.6. The molecule has 0 bridgehead atoms. The molecule has 0 saturated carbocycles. The SMILES string of the molecule is O=C(COC(=O)c1ccccc1Cl)Nc1cccc(Cl)c1Cl. The van der Waals surface area contributed by atoms with Crippen LogP contribution in [-0.4, -0.2) is 18.5 Å². The summed E-state index contributed by atoms with van der Waals surface area (Å²) in [5, 5.41) is 3.29. The Kier molecular flexibility index (Phi) is 5.66. The van der Waals surface area contributed by atoms with Crippen LogP contribution in [0.2, 0.25) is 15.1 Å². The Balaban J connectivity index is 1.95. The summed E-state index contributed by atoms with van der Waals surface area (Å²) >= 11 is 17.7. The van der Waals surface area contributed by atoms with Crippen LogP contribution in [0.15, 0.2) is 42.5 Å². The molecule has 114 valence electrons. The topological polar surface area (TPSA) is 55.4 Å². The van der Waals surface area contributed by atoms with Crippen molar-refractivity contribution in [3.63, 3.8) is 0 Å². The first kappa shape index (κ1) is 16.6. The molecule has 0 fully saturated rings. The molecule has 0 aliphatic carbocycles. The molecule has 0 saturated heterocycles. The van der Waals surface area contributed by atoms with E-state index in [-0.39, 0.29) is 15.6 Å². The lowest BCUT2D eigenvalue weighted by molar-refractivity contribution is -0.119. The van der Waals surface area contributed by atoms with E-state index in [9.17, 15) is 9.59 Å². The zero-order chi connectivity index (χ0) is 16.1. The number of carbonyl (C=O) groups excluding carboxylic acids is 2. The highest BCUT2D eigenvalue weighted by molar-refractivity contribution is 6.44. The minimum atomic E-state index is -0.682. The van der Waals surface area contributed by atoms with Crippen molar-refractivity contribution in [2.75, 3.05) is 11.9 Å². The van der Waals surface area contributed by atoms with Gasteiger partial charge in [-0.3, -0.25) is 4.79 Å². The molecule has 4 nitrogen and oxygen atoms in total. The number of carbonyl (C=O) groups is 2. The molecule has 0 spiro atoms. The van der Waals surface area contributed by atoms with E-state index in [2.05, 4.69) is 5.32 Å². The van der Waals surface area contributed by atoms with Gasteiger partial charge in [0.25, 0.3) is 5.91 Å². The average molecular weight is 359 g/mol. The third-order valence-electron chi connectivity index (χ3n) is 2.65. The maximum atomic E-state index is 11.8. The van der Waals surface area contributed by atoms with Gasteiger partial charge in [-0.25, -0.2) is 4.79 Å². The predicted octanol–water partition coefficient (Wildman–Crippen LogP) is 4.44. The first-order valence-corrected chi connectivity index (χ1v) is 7.28. The molecule has 0 aliphatic rings. The van der Waals surface area contributed by atoms with Gasteiger partial charge in [-0.2, -0.15) is 0 Å². The number of rotatable bonds is 4. The van der Waals surface area contributed by atoms with E-state index in [1.54, 1.807) is 36.4 Å². The van der Waals surface area contributed by atoms with E-state index in [1.165, 1.54) is 6.07 Å². The Bertz CT molecular complexity index is 719. The fraction of sp³-hybridized carbons (Fsp3) is 0.0667. The molecule has 22 heavy (non-hydrogen) atoms. The summed E-state index contributed by atoms with van der Waals surface area (Å²) in [5.41, 5.74) is 0.533. The molecular weight excluding hydrogens is 349 g/mol. The molecule has 0 aliphatic heterocycles. The summed E-state index contributed by atoms with van der Waals surface area (Å²) in [6.07, 6.45) is 0. The molecule has 7 heteroatoms. The van der Waals surface area contributed by atoms with Gasteiger partial charge < -0.3 is 10.1 Å². The fourth-order valence-corrected chi connectivity index (χ4v) is 2.18. The quantitative estimate of drug-likeness (QED) is 0.822. The van der Waals surface area contributed by atoms with E-state index in [1.807, 2.05) is 0 Å². The van der Waals surface area contributed by atoms with Crippen molar-refractivity contribution in [3.05, 3.63) is 63.1 Å². The number of benzene rings is 2. The monoisotopic (exact) mass is 357 g/mol. The predicted molar refractivity (Wildman–Crippen MR) is 86.8 cm³/mol. The molecule has 0 unspecified atom stereocenters. The van der Waals surface area contributed by atoms with Crippen LogP contribution in [0.1, 0.15) is 10.4 Å². The normalized spacial score (nSPS) is 10.1. The van der Waals surface area contributed by atoms with Crippen LogP contribution >= 0.6 is 34.8 Å². The molecule has 1 amide bonds. The highest BCUT2D eigenvalue weighted by atomic mass is 35.5. The van der Waals surface area contributed by atoms with Crippen molar-refractivity contribution in [1.82, 2.24) is 0 Å². The Hall–Kier alpha value is -1.75. The maximum Gasteiger partial charge on any atom is 0.340 e. The first-order valence-electron chi connectivity index (χ1n) is 6.14. The van der Waals surface area contributed by atoms with Crippen LogP contribution < -0.4 is 5.32 Å². The zero-order valence-corrected chi connectivity index (χ0v) is 13.4. The largest absolute Gasteiger partial charge is 0.452 e. The Morgan fingerprint density at radius 1 is 0.955 bits per heavy atom. The van der Waals surface area contributed by atoms with Gasteiger partial charge >= 0.3 is 5.97 Å².